The Balaban J connectivity index is 0.00000128. The molecule has 0 N–H and O–H groups in total. The average molecular weight is 237 g/mol. The summed E-state index contributed by atoms with van der Waals surface area (Å²) in [7, 11) is 0. The van der Waals surface area contributed by atoms with Crippen molar-refractivity contribution < 1.29 is 0 Å². The van der Waals surface area contributed by atoms with Gasteiger partial charge in [-0.05, 0) is 12.0 Å². The second-order valence-electron chi connectivity index (χ2n) is 3.71. The topological polar surface area (TPSA) is 15.6 Å². The van der Waals surface area contributed by atoms with Gasteiger partial charge in [0.1, 0.15) is 0 Å². The third-order valence-corrected chi connectivity index (χ3v) is 2.69. The molecule has 1 aromatic rings. The first-order valence-corrected chi connectivity index (χ1v) is 5.33. The molecule has 1 aromatic carbocycles. The molecule has 0 radical (unpaired) electrons. The first kappa shape index (κ1) is 12.8. The summed E-state index contributed by atoms with van der Waals surface area (Å²) in [5.74, 6) is 0. The molecule has 0 aliphatic carbocycles. The van der Waals surface area contributed by atoms with Gasteiger partial charge in [-0.1, -0.05) is 36.4 Å². The van der Waals surface area contributed by atoms with E-state index in [1.54, 1.807) is 0 Å². The lowest BCUT2D eigenvalue weighted by atomic mass is 10.0. The highest BCUT2D eigenvalue weighted by molar-refractivity contribution is 5.85. The van der Waals surface area contributed by atoms with Gasteiger partial charge in [-0.2, -0.15) is 0 Å². The zero-order chi connectivity index (χ0) is 10.5. The highest BCUT2D eigenvalue weighted by Gasteiger charge is 2.18. The maximum Gasteiger partial charge on any atom is 0.0856 e. The molecule has 0 aromatic heterocycles. The van der Waals surface area contributed by atoms with E-state index in [0.717, 1.165) is 19.5 Å². The molecule has 2 nitrogen and oxygen atoms in total. The van der Waals surface area contributed by atoms with Crippen LogP contribution in [0.3, 0.4) is 0 Å². The number of aliphatic imine (C=N–C) groups is 1. The van der Waals surface area contributed by atoms with Gasteiger partial charge in [0, 0.05) is 6.54 Å². The van der Waals surface area contributed by atoms with E-state index >= 15 is 0 Å². The van der Waals surface area contributed by atoms with Crippen LogP contribution in [0.15, 0.2) is 48.0 Å². The lowest BCUT2D eigenvalue weighted by Gasteiger charge is -2.26. The minimum atomic E-state index is 0. The molecule has 2 rings (SSSR count). The lowest BCUT2D eigenvalue weighted by molar-refractivity contribution is 0.353. The van der Waals surface area contributed by atoms with Crippen LogP contribution < -0.4 is 0 Å². The fourth-order valence-corrected chi connectivity index (χ4v) is 1.93. The molecule has 1 aliphatic rings. The van der Waals surface area contributed by atoms with Gasteiger partial charge in [0.05, 0.1) is 18.9 Å². The Hall–Kier alpha value is -1.28. The Morgan fingerprint density at radius 3 is 2.69 bits per heavy atom. The van der Waals surface area contributed by atoms with Crippen molar-refractivity contribution in [3.8, 4) is 0 Å². The number of rotatable bonds is 4. The van der Waals surface area contributed by atoms with Crippen molar-refractivity contribution in [2.24, 2.45) is 4.99 Å². The van der Waals surface area contributed by atoms with E-state index in [0.29, 0.717) is 6.04 Å². The van der Waals surface area contributed by atoms with Crippen molar-refractivity contribution in [2.45, 2.75) is 12.5 Å². The van der Waals surface area contributed by atoms with Crippen molar-refractivity contribution in [1.82, 2.24) is 4.90 Å². The highest BCUT2D eigenvalue weighted by Crippen LogP contribution is 2.24. The van der Waals surface area contributed by atoms with Crippen LogP contribution in [0, 0.1) is 0 Å². The molecular weight excluding hydrogens is 220 g/mol. The Bertz CT molecular complexity index is 348. The summed E-state index contributed by atoms with van der Waals surface area (Å²) in [5, 5.41) is 0. The minimum absolute atomic E-state index is 0. The smallest absolute Gasteiger partial charge is 0.0856 e. The normalized spacial score (nSPS) is 15.6. The lowest BCUT2D eigenvalue weighted by Crippen LogP contribution is -2.25. The van der Waals surface area contributed by atoms with Crippen LogP contribution in [0.1, 0.15) is 18.0 Å². The van der Waals surface area contributed by atoms with Crippen molar-refractivity contribution in [3.05, 3.63) is 48.6 Å². The molecule has 0 spiro atoms. The van der Waals surface area contributed by atoms with Crippen molar-refractivity contribution in [1.29, 1.82) is 0 Å². The summed E-state index contributed by atoms with van der Waals surface area (Å²) in [4.78, 5) is 6.55. The molecule has 0 bridgehead atoms. The molecule has 86 valence electrons. The predicted molar refractivity (Wildman–Crippen MR) is 71.3 cm³/mol. The third kappa shape index (κ3) is 2.86. The predicted octanol–water partition coefficient (Wildman–Crippen LogP) is 3.07. The SMILES string of the molecule is C=CCC(c1ccccc1)N1C=NCC1.Cl. The van der Waals surface area contributed by atoms with Crippen LogP contribution in [0.2, 0.25) is 0 Å². The number of hydrogen-bond donors (Lipinski definition) is 0. The number of halogens is 1. The third-order valence-electron chi connectivity index (χ3n) is 2.69. The van der Waals surface area contributed by atoms with Crippen LogP contribution in [0.25, 0.3) is 0 Å². The zero-order valence-corrected chi connectivity index (χ0v) is 10.1. The fraction of sp³-hybridized carbons (Fsp3) is 0.308. The Morgan fingerprint density at radius 2 is 2.12 bits per heavy atom. The summed E-state index contributed by atoms with van der Waals surface area (Å²) >= 11 is 0. The Morgan fingerprint density at radius 1 is 1.38 bits per heavy atom. The van der Waals surface area contributed by atoms with Crippen LogP contribution in [0.5, 0.6) is 0 Å². The molecule has 0 fully saturated rings. The second kappa shape index (κ2) is 6.33. The second-order valence-corrected chi connectivity index (χ2v) is 3.71. The van der Waals surface area contributed by atoms with Gasteiger partial charge >= 0.3 is 0 Å². The molecule has 16 heavy (non-hydrogen) atoms. The molecule has 1 heterocycles. The van der Waals surface area contributed by atoms with Crippen molar-refractivity contribution >= 4 is 18.7 Å². The van der Waals surface area contributed by atoms with E-state index in [2.05, 4.69) is 40.7 Å². The fourth-order valence-electron chi connectivity index (χ4n) is 1.93. The van der Waals surface area contributed by atoms with E-state index in [1.165, 1.54) is 5.56 Å². The Kier molecular flexibility index (Phi) is 5.06. The van der Waals surface area contributed by atoms with Gasteiger partial charge in [-0.25, -0.2) is 0 Å². The molecule has 1 aliphatic heterocycles. The van der Waals surface area contributed by atoms with Gasteiger partial charge in [-0.15, -0.1) is 19.0 Å². The zero-order valence-electron chi connectivity index (χ0n) is 9.25. The summed E-state index contributed by atoms with van der Waals surface area (Å²) in [6.45, 7) is 5.76. The van der Waals surface area contributed by atoms with E-state index in [9.17, 15) is 0 Å². The minimum Gasteiger partial charge on any atom is -0.354 e. The quantitative estimate of drug-likeness (QED) is 0.734. The molecule has 1 unspecified atom stereocenters. The molecule has 0 saturated carbocycles. The first-order valence-electron chi connectivity index (χ1n) is 5.33. The molecule has 3 heteroatoms. The maximum absolute atomic E-state index is 4.26. The molecule has 1 atom stereocenters. The van der Waals surface area contributed by atoms with Crippen molar-refractivity contribution in [3.63, 3.8) is 0 Å². The Labute approximate surface area is 103 Å². The van der Waals surface area contributed by atoms with Crippen molar-refractivity contribution in [2.75, 3.05) is 13.1 Å². The van der Waals surface area contributed by atoms with Crippen LogP contribution in [-0.4, -0.2) is 24.3 Å². The molecular formula is C13H17ClN2. The van der Waals surface area contributed by atoms with Crippen LogP contribution in [-0.2, 0) is 0 Å². The summed E-state index contributed by atoms with van der Waals surface area (Å²) < 4.78 is 0. The monoisotopic (exact) mass is 236 g/mol. The van der Waals surface area contributed by atoms with E-state index in [-0.39, 0.29) is 12.4 Å². The summed E-state index contributed by atoms with van der Waals surface area (Å²) in [5.41, 5.74) is 1.34. The highest BCUT2D eigenvalue weighted by atomic mass is 35.5. The molecule has 0 saturated heterocycles. The standard InChI is InChI=1S/C13H16N2.ClH/c1-2-6-13(15-10-9-14-11-15)12-7-4-3-5-8-12;/h2-5,7-8,11,13H,1,6,9-10H2;1H. The maximum atomic E-state index is 4.26. The number of benzene rings is 1. The van der Waals surface area contributed by atoms with Crippen LogP contribution in [0.4, 0.5) is 0 Å². The molecule has 0 amide bonds. The van der Waals surface area contributed by atoms with Gasteiger partial charge < -0.3 is 4.90 Å². The van der Waals surface area contributed by atoms with Crippen LogP contribution >= 0.6 is 12.4 Å². The van der Waals surface area contributed by atoms with Gasteiger partial charge in [0.2, 0.25) is 0 Å². The summed E-state index contributed by atoms with van der Waals surface area (Å²) in [6.07, 6.45) is 4.90. The van der Waals surface area contributed by atoms with Gasteiger partial charge in [-0.3, -0.25) is 4.99 Å². The number of hydrogen-bond acceptors (Lipinski definition) is 2. The summed E-state index contributed by atoms with van der Waals surface area (Å²) in [6, 6.07) is 10.9. The average Bonchev–Trinajstić information content (AvgIpc) is 2.80. The van der Waals surface area contributed by atoms with E-state index in [1.807, 2.05) is 18.5 Å². The van der Waals surface area contributed by atoms with Gasteiger partial charge in [0.15, 0.2) is 0 Å². The van der Waals surface area contributed by atoms with Gasteiger partial charge in [0.25, 0.3) is 0 Å². The largest absolute Gasteiger partial charge is 0.354 e. The first-order chi connectivity index (χ1) is 7.42. The number of nitrogens with zero attached hydrogens (tertiary/aromatic N) is 2. The van der Waals surface area contributed by atoms with E-state index in [4.69, 9.17) is 0 Å². The van der Waals surface area contributed by atoms with E-state index < -0.39 is 0 Å².